The standard InChI is InChI=1S/C18H29BrN2O5Si/c1-8-24-17(23)16-20-15(25-21-16)11-13(22)10-14(9-12(2)19)26-27(6,7)18(3,4)5/h9,14H,8,10-11H2,1-7H3/b12-9+/t14-/m1/s1. The van der Waals surface area contributed by atoms with E-state index in [1.807, 2.05) is 13.0 Å². The van der Waals surface area contributed by atoms with E-state index < -0.39 is 14.3 Å². The van der Waals surface area contributed by atoms with E-state index >= 15 is 0 Å². The van der Waals surface area contributed by atoms with Gasteiger partial charge in [-0.05, 0) is 47.7 Å². The highest BCUT2D eigenvalue weighted by Gasteiger charge is 2.39. The molecule has 9 heteroatoms. The molecule has 0 aromatic carbocycles. The monoisotopic (exact) mass is 460 g/mol. The Balaban J connectivity index is 2.80. The van der Waals surface area contributed by atoms with E-state index in [0.717, 1.165) is 4.48 Å². The average Bonchev–Trinajstić information content (AvgIpc) is 2.93. The van der Waals surface area contributed by atoms with Gasteiger partial charge in [0.2, 0.25) is 5.89 Å². The summed E-state index contributed by atoms with van der Waals surface area (Å²) in [5, 5.41) is 3.58. The summed E-state index contributed by atoms with van der Waals surface area (Å²) in [4.78, 5) is 28.0. The molecule has 0 aliphatic heterocycles. The van der Waals surface area contributed by atoms with Gasteiger partial charge >= 0.3 is 5.97 Å². The van der Waals surface area contributed by atoms with Crippen molar-refractivity contribution in [2.75, 3.05) is 6.61 Å². The summed E-state index contributed by atoms with van der Waals surface area (Å²) in [7, 11) is -2.04. The third-order valence-electron chi connectivity index (χ3n) is 4.37. The molecule has 152 valence electrons. The van der Waals surface area contributed by atoms with Gasteiger partial charge in [0.15, 0.2) is 8.32 Å². The summed E-state index contributed by atoms with van der Waals surface area (Å²) in [6.45, 7) is 14.5. The molecule has 0 radical (unpaired) electrons. The molecule has 0 aliphatic carbocycles. The maximum absolute atomic E-state index is 12.5. The quantitative estimate of drug-likeness (QED) is 0.397. The van der Waals surface area contributed by atoms with Gasteiger partial charge in [-0.25, -0.2) is 4.79 Å². The van der Waals surface area contributed by atoms with Gasteiger partial charge in [0.05, 0.1) is 19.1 Å². The third-order valence-corrected chi connectivity index (χ3v) is 9.14. The average molecular weight is 461 g/mol. The molecular weight excluding hydrogens is 432 g/mol. The van der Waals surface area contributed by atoms with Crippen molar-refractivity contribution in [3.63, 3.8) is 0 Å². The number of rotatable bonds is 9. The zero-order valence-corrected chi connectivity index (χ0v) is 19.7. The van der Waals surface area contributed by atoms with Crippen LogP contribution in [0.15, 0.2) is 15.1 Å². The summed E-state index contributed by atoms with van der Waals surface area (Å²) >= 11 is 3.42. The van der Waals surface area contributed by atoms with Crippen LogP contribution in [0.25, 0.3) is 0 Å². The van der Waals surface area contributed by atoms with Crippen molar-refractivity contribution in [2.45, 2.75) is 71.7 Å². The first-order chi connectivity index (χ1) is 12.4. The lowest BCUT2D eigenvalue weighted by Crippen LogP contribution is -2.44. The molecule has 1 heterocycles. The summed E-state index contributed by atoms with van der Waals surface area (Å²) in [5.74, 6) is -0.863. The summed E-state index contributed by atoms with van der Waals surface area (Å²) in [5.41, 5.74) is 0. The third kappa shape index (κ3) is 7.67. The van der Waals surface area contributed by atoms with Crippen LogP contribution in [-0.2, 0) is 20.4 Å². The smallest absolute Gasteiger partial charge is 0.379 e. The zero-order chi connectivity index (χ0) is 20.8. The number of halogens is 1. The van der Waals surface area contributed by atoms with Crippen molar-refractivity contribution in [3.05, 3.63) is 22.3 Å². The van der Waals surface area contributed by atoms with Crippen LogP contribution in [0.2, 0.25) is 18.1 Å². The first-order valence-electron chi connectivity index (χ1n) is 8.89. The van der Waals surface area contributed by atoms with E-state index in [0.29, 0.717) is 0 Å². The van der Waals surface area contributed by atoms with Crippen LogP contribution in [0.3, 0.4) is 0 Å². The number of ether oxygens (including phenoxy) is 1. The molecule has 1 aromatic rings. The van der Waals surface area contributed by atoms with E-state index in [9.17, 15) is 9.59 Å². The Hall–Kier alpha value is -1.32. The number of nitrogens with zero attached hydrogens (tertiary/aromatic N) is 2. The number of allylic oxidation sites excluding steroid dienone is 1. The van der Waals surface area contributed by atoms with Gasteiger partial charge in [-0.1, -0.05) is 36.7 Å². The topological polar surface area (TPSA) is 91.5 Å². The Kier molecular flexibility index (Phi) is 8.56. The highest BCUT2D eigenvalue weighted by Crippen LogP contribution is 2.38. The number of aromatic nitrogens is 2. The maximum atomic E-state index is 12.5. The molecule has 0 fully saturated rings. The second kappa shape index (κ2) is 9.75. The van der Waals surface area contributed by atoms with Gasteiger partial charge in [0.1, 0.15) is 5.78 Å². The Bertz CT molecular complexity index is 690. The lowest BCUT2D eigenvalue weighted by Gasteiger charge is -2.38. The van der Waals surface area contributed by atoms with Gasteiger partial charge < -0.3 is 13.7 Å². The van der Waals surface area contributed by atoms with Gasteiger partial charge in [-0.2, -0.15) is 4.98 Å². The second-order valence-electron chi connectivity index (χ2n) is 7.82. The minimum atomic E-state index is -2.04. The molecule has 0 saturated carbocycles. The number of ketones is 1. The normalized spacial score (nSPS) is 14.1. The Morgan fingerprint density at radius 3 is 2.48 bits per heavy atom. The lowest BCUT2D eigenvalue weighted by molar-refractivity contribution is -0.120. The van der Waals surface area contributed by atoms with Crippen LogP contribution in [0.1, 0.15) is 57.5 Å². The molecule has 0 N–H and O–H groups in total. The van der Waals surface area contributed by atoms with Gasteiger partial charge in [0, 0.05) is 6.42 Å². The fraction of sp³-hybridized carbons (Fsp3) is 0.667. The van der Waals surface area contributed by atoms with E-state index in [1.165, 1.54) is 0 Å². The summed E-state index contributed by atoms with van der Waals surface area (Å²) in [6.07, 6.45) is 1.69. The Labute approximate surface area is 170 Å². The Morgan fingerprint density at radius 2 is 1.96 bits per heavy atom. The molecule has 0 bridgehead atoms. The van der Waals surface area contributed by atoms with Crippen LogP contribution in [0.5, 0.6) is 0 Å². The van der Waals surface area contributed by atoms with Crippen molar-refractivity contribution in [1.29, 1.82) is 0 Å². The van der Waals surface area contributed by atoms with E-state index in [-0.39, 0.29) is 48.1 Å². The summed E-state index contributed by atoms with van der Waals surface area (Å²) < 4.78 is 17.1. The van der Waals surface area contributed by atoms with Crippen molar-refractivity contribution in [3.8, 4) is 0 Å². The molecule has 0 spiro atoms. The molecule has 0 amide bonds. The first kappa shape index (κ1) is 23.7. The molecule has 0 saturated heterocycles. The van der Waals surface area contributed by atoms with Crippen molar-refractivity contribution in [1.82, 2.24) is 10.1 Å². The second-order valence-corrected chi connectivity index (χ2v) is 13.8. The van der Waals surface area contributed by atoms with E-state index in [4.69, 9.17) is 13.7 Å². The van der Waals surface area contributed by atoms with Gasteiger partial charge in [-0.15, -0.1) is 0 Å². The largest absolute Gasteiger partial charge is 0.460 e. The number of hydrogen-bond donors (Lipinski definition) is 0. The molecular formula is C18H29BrN2O5Si. The molecule has 27 heavy (non-hydrogen) atoms. The fourth-order valence-electron chi connectivity index (χ4n) is 2.02. The molecule has 0 unspecified atom stereocenters. The lowest BCUT2D eigenvalue weighted by atomic mass is 10.1. The van der Waals surface area contributed by atoms with Crippen LogP contribution in [0.4, 0.5) is 0 Å². The van der Waals surface area contributed by atoms with Gasteiger partial charge in [-0.3, -0.25) is 4.79 Å². The minimum absolute atomic E-state index is 0.0311. The maximum Gasteiger partial charge on any atom is 0.379 e. The first-order valence-corrected chi connectivity index (χ1v) is 12.6. The number of esters is 1. The minimum Gasteiger partial charge on any atom is -0.460 e. The van der Waals surface area contributed by atoms with Crippen LogP contribution < -0.4 is 0 Å². The molecule has 1 aromatic heterocycles. The predicted octanol–water partition coefficient (Wildman–Crippen LogP) is 4.44. The Morgan fingerprint density at radius 1 is 1.33 bits per heavy atom. The highest BCUT2D eigenvalue weighted by molar-refractivity contribution is 9.11. The van der Waals surface area contributed by atoms with Crippen LogP contribution >= 0.6 is 15.9 Å². The SMILES string of the molecule is CCOC(=O)c1noc(CC(=O)C[C@@H](/C=C(\C)Br)O[Si](C)(C)C(C)(C)C)n1. The van der Waals surface area contributed by atoms with E-state index in [1.54, 1.807) is 6.92 Å². The number of carbonyl (C=O) groups is 2. The molecule has 1 atom stereocenters. The van der Waals surface area contributed by atoms with Crippen molar-refractivity contribution in [2.24, 2.45) is 0 Å². The van der Waals surface area contributed by atoms with Crippen LogP contribution in [-0.4, -0.2) is 42.9 Å². The van der Waals surface area contributed by atoms with Gasteiger partial charge in [0.25, 0.3) is 5.82 Å². The number of hydrogen-bond acceptors (Lipinski definition) is 7. The zero-order valence-electron chi connectivity index (χ0n) is 17.1. The fourth-order valence-corrected chi connectivity index (χ4v) is 3.57. The van der Waals surface area contributed by atoms with Crippen molar-refractivity contribution >= 4 is 36.0 Å². The predicted molar refractivity (Wildman–Crippen MR) is 108 cm³/mol. The number of carbonyl (C=O) groups excluding carboxylic acids is 2. The number of Topliss-reactive ketones (excluding diaryl/α,β-unsaturated/α-hetero) is 1. The molecule has 1 rings (SSSR count). The molecule has 0 aliphatic rings. The van der Waals surface area contributed by atoms with Crippen molar-refractivity contribution < 1.29 is 23.3 Å². The summed E-state index contributed by atoms with van der Waals surface area (Å²) in [6, 6.07) is 0. The molecule has 7 nitrogen and oxygen atoms in total. The van der Waals surface area contributed by atoms with Crippen LogP contribution in [0, 0.1) is 0 Å². The highest BCUT2D eigenvalue weighted by atomic mass is 79.9. The van der Waals surface area contributed by atoms with E-state index in [2.05, 4.69) is 59.9 Å².